The zero-order chi connectivity index (χ0) is 17.8. The molecule has 0 bridgehead atoms. The molecule has 0 N–H and O–H groups in total. The van der Waals surface area contributed by atoms with Crippen molar-refractivity contribution in [3.05, 3.63) is 71.1 Å². The molecule has 0 fully saturated rings. The molecular formula is C18H14F2N2O3. The summed E-state index contributed by atoms with van der Waals surface area (Å²) >= 11 is 0. The first-order chi connectivity index (χ1) is 12.1. The number of benzene rings is 2. The molecule has 0 atom stereocenters. The van der Waals surface area contributed by atoms with Crippen LogP contribution in [0.15, 0.2) is 47.0 Å². The molecule has 0 saturated heterocycles. The van der Waals surface area contributed by atoms with Crippen LogP contribution in [0.3, 0.4) is 0 Å². The highest BCUT2D eigenvalue weighted by atomic mass is 19.2. The first-order valence-corrected chi connectivity index (χ1v) is 7.61. The zero-order valence-electron chi connectivity index (χ0n) is 13.3. The Morgan fingerprint density at radius 3 is 2.56 bits per heavy atom. The number of hydrogen-bond donors (Lipinski definition) is 0. The second-order valence-corrected chi connectivity index (χ2v) is 5.27. The Hall–Kier alpha value is -3.09. The highest BCUT2D eigenvalue weighted by Crippen LogP contribution is 2.17. The lowest BCUT2D eigenvalue weighted by Crippen LogP contribution is -2.06. The van der Waals surface area contributed by atoms with Gasteiger partial charge in [-0.05, 0) is 30.2 Å². The van der Waals surface area contributed by atoms with Crippen LogP contribution in [0.5, 0.6) is 0 Å². The Morgan fingerprint density at radius 1 is 1.12 bits per heavy atom. The van der Waals surface area contributed by atoms with Crippen LogP contribution in [0, 0.1) is 11.6 Å². The monoisotopic (exact) mass is 344 g/mol. The molecule has 0 aliphatic carbocycles. The normalized spacial score (nSPS) is 10.7. The Labute approximate surface area is 142 Å². The lowest BCUT2D eigenvalue weighted by atomic mass is 10.1. The highest BCUT2D eigenvalue weighted by molar-refractivity contribution is 5.89. The fraction of sp³-hybridized carbons (Fsp3) is 0.167. The molecule has 7 heteroatoms. The molecule has 0 aliphatic rings. The first-order valence-electron chi connectivity index (χ1n) is 7.61. The van der Waals surface area contributed by atoms with E-state index in [9.17, 15) is 13.6 Å². The molecule has 2 aromatic carbocycles. The number of ether oxygens (including phenoxy) is 1. The largest absolute Gasteiger partial charge is 0.452 e. The molecule has 0 spiro atoms. The van der Waals surface area contributed by atoms with Crippen molar-refractivity contribution < 1.29 is 22.8 Å². The summed E-state index contributed by atoms with van der Waals surface area (Å²) in [6.45, 7) is 1.79. The van der Waals surface area contributed by atoms with Crippen molar-refractivity contribution in [2.24, 2.45) is 0 Å². The van der Waals surface area contributed by atoms with Gasteiger partial charge in [0.2, 0.25) is 5.82 Å². The Morgan fingerprint density at radius 2 is 1.88 bits per heavy atom. The maximum Gasteiger partial charge on any atom is 0.338 e. The molecule has 25 heavy (non-hydrogen) atoms. The fourth-order valence-corrected chi connectivity index (χ4v) is 2.15. The molecule has 3 rings (SSSR count). The molecule has 1 heterocycles. The van der Waals surface area contributed by atoms with Gasteiger partial charge in [-0.25, -0.2) is 13.6 Å². The van der Waals surface area contributed by atoms with E-state index in [1.807, 2.05) is 24.3 Å². The quantitative estimate of drug-likeness (QED) is 0.656. The van der Waals surface area contributed by atoms with Crippen molar-refractivity contribution in [3.8, 4) is 11.4 Å². The first kappa shape index (κ1) is 16.8. The van der Waals surface area contributed by atoms with E-state index in [0.29, 0.717) is 5.82 Å². The summed E-state index contributed by atoms with van der Waals surface area (Å²) in [5, 5.41) is 3.83. The van der Waals surface area contributed by atoms with Gasteiger partial charge in [0.1, 0.15) is 0 Å². The van der Waals surface area contributed by atoms with Crippen LogP contribution < -0.4 is 0 Å². The minimum atomic E-state index is -1.12. The Balaban J connectivity index is 1.64. The molecule has 1 aromatic heterocycles. The van der Waals surface area contributed by atoms with Crippen molar-refractivity contribution in [1.29, 1.82) is 0 Å². The molecule has 0 saturated carbocycles. The summed E-state index contributed by atoms with van der Waals surface area (Å²) in [4.78, 5) is 16.0. The average molecular weight is 344 g/mol. The number of nitrogens with zero attached hydrogens (tertiary/aromatic N) is 2. The molecule has 0 aliphatic heterocycles. The second kappa shape index (κ2) is 7.21. The van der Waals surface area contributed by atoms with Gasteiger partial charge in [-0.15, -0.1) is 0 Å². The second-order valence-electron chi connectivity index (χ2n) is 5.27. The van der Waals surface area contributed by atoms with Crippen LogP contribution in [0.4, 0.5) is 8.78 Å². The third kappa shape index (κ3) is 3.88. The number of esters is 1. The summed E-state index contributed by atoms with van der Waals surface area (Å²) in [7, 11) is 0. The third-order valence-corrected chi connectivity index (χ3v) is 3.57. The van der Waals surface area contributed by atoms with Gasteiger partial charge in [0.25, 0.3) is 5.89 Å². The molecule has 0 radical (unpaired) electrons. The van der Waals surface area contributed by atoms with Crippen LogP contribution in [0.1, 0.15) is 28.7 Å². The molecule has 0 amide bonds. The average Bonchev–Trinajstić information content (AvgIpc) is 3.11. The van der Waals surface area contributed by atoms with Gasteiger partial charge in [-0.1, -0.05) is 36.3 Å². The van der Waals surface area contributed by atoms with E-state index in [2.05, 4.69) is 17.1 Å². The zero-order valence-corrected chi connectivity index (χ0v) is 13.3. The Kier molecular flexibility index (Phi) is 4.83. The van der Waals surface area contributed by atoms with Gasteiger partial charge in [0, 0.05) is 5.56 Å². The van der Waals surface area contributed by atoms with Gasteiger partial charge in [0.15, 0.2) is 18.2 Å². The summed E-state index contributed by atoms with van der Waals surface area (Å²) < 4.78 is 36.0. The van der Waals surface area contributed by atoms with Crippen LogP contribution in [0.25, 0.3) is 11.4 Å². The molecule has 128 valence electrons. The Bertz CT molecular complexity index is 892. The van der Waals surface area contributed by atoms with E-state index >= 15 is 0 Å². The minimum Gasteiger partial charge on any atom is -0.452 e. The minimum absolute atomic E-state index is 0.102. The van der Waals surface area contributed by atoms with Gasteiger partial charge in [-0.3, -0.25) is 0 Å². The number of rotatable bonds is 5. The number of hydrogen-bond acceptors (Lipinski definition) is 5. The van der Waals surface area contributed by atoms with Crippen LogP contribution in [-0.4, -0.2) is 16.1 Å². The summed E-state index contributed by atoms with van der Waals surface area (Å²) in [5.41, 5.74) is 1.86. The van der Waals surface area contributed by atoms with E-state index in [1.165, 1.54) is 5.56 Å². The van der Waals surface area contributed by atoms with Crippen molar-refractivity contribution >= 4 is 5.97 Å². The highest BCUT2D eigenvalue weighted by Gasteiger charge is 2.14. The molecule has 5 nitrogen and oxygen atoms in total. The van der Waals surface area contributed by atoms with E-state index in [1.54, 1.807) is 0 Å². The fourth-order valence-electron chi connectivity index (χ4n) is 2.15. The van der Waals surface area contributed by atoms with Crippen LogP contribution >= 0.6 is 0 Å². The van der Waals surface area contributed by atoms with Crippen molar-refractivity contribution in [3.63, 3.8) is 0 Å². The van der Waals surface area contributed by atoms with Gasteiger partial charge < -0.3 is 9.26 Å². The van der Waals surface area contributed by atoms with Crippen LogP contribution in [-0.2, 0) is 17.8 Å². The summed E-state index contributed by atoms with van der Waals surface area (Å²) in [6.07, 6.45) is 0.928. The predicted octanol–water partition coefficient (Wildman–Crippen LogP) is 3.93. The van der Waals surface area contributed by atoms with E-state index in [0.717, 1.165) is 30.2 Å². The molecule has 0 unspecified atom stereocenters. The van der Waals surface area contributed by atoms with Crippen LogP contribution in [0.2, 0.25) is 0 Å². The smallest absolute Gasteiger partial charge is 0.338 e. The third-order valence-electron chi connectivity index (χ3n) is 3.57. The van der Waals surface area contributed by atoms with Gasteiger partial charge in [0.05, 0.1) is 5.56 Å². The summed E-state index contributed by atoms with van der Waals surface area (Å²) in [6, 6.07) is 10.4. The number of carbonyl (C=O) groups excluding carboxylic acids is 1. The number of carbonyl (C=O) groups is 1. The number of aryl methyl sites for hydroxylation is 1. The van der Waals surface area contributed by atoms with Gasteiger partial charge >= 0.3 is 5.97 Å². The van der Waals surface area contributed by atoms with E-state index in [4.69, 9.17) is 9.26 Å². The maximum absolute atomic E-state index is 13.1. The topological polar surface area (TPSA) is 65.2 Å². The molecule has 3 aromatic rings. The lowest BCUT2D eigenvalue weighted by molar-refractivity contribution is 0.0429. The van der Waals surface area contributed by atoms with Crippen molar-refractivity contribution in [2.75, 3.05) is 0 Å². The molecular weight excluding hydrogens is 330 g/mol. The predicted molar refractivity (Wildman–Crippen MR) is 84.6 cm³/mol. The number of halogens is 2. The van der Waals surface area contributed by atoms with Crippen molar-refractivity contribution in [1.82, 2.24) is 10.1 Å². The number of aromatic nitrogens is 2. The van der Waals surface area contributed by atoms with E-state index < -0.39 is 17.6 Å². The SMILES string of the molecule is CCc1ccc(-c2noc(COC(=O)c3ccc(F)c(F)c3)n2)cc1. The maximum atomic E-state index is 13.1. The standard InChI is InChI=1S/C18H14F2N2O3/c1-2-11-3-5-12(6-4-11)17-21-16(25-22-17)10-24-18(23)13-7-8-14(19)15(20)9-13/h3-9H,2,10H2,1H3. The van der Waals surface area contributed by atoms with E-state index in [-0.39, 0.29) is 18.1 Å². The lowest BCUT2D eigenvalue weighted by Gasteiger charge is -2.02. The van der Waals surface area contributed by atoms with Crippen molar-refractivity contribution in [2.45, 2.75) is 20.0 Å². The van der Waals surface area contributed by atoms with Gasteiger partial charge in [-0.2, -0.15) is 4.98 Å². The summed E-state index contributed by atoms with van der Waals surface area (Å²) in [5.74, 6) is -2.49.